The van der Waals surface area contributed by atoms with E-state index in [0.29, 0.717) is 5.69 Å². The maximum absolute atomic E-state index is 12.3. The molecule has 21 heavy (non-hydrogen) atoms. The van der Waals surface area contributed by atoms with Crippen molar-refractivity contribution in [1.29, 1.82) is 0 Å². The molecule has 1 heterocycles. The van der Waals surface area contributed by atoms with E-state index in [1.165, 1.54) is 6.26 Å². The smallest absolute Gasteiger partial charge is 0.309 e. The van der Waals surface area contributed by atoms with Crippen molar-refractivity contribution in [2.24, 2.45) is 0 Å². The Kier molecular flexibility index (Phi) is 4.64. The van der Waals surface area contributed by atoms with Crippen LogP contribution in [-0.4, -0.2) is 19.9 Å². The molecule has 1 aromatic carbocycles. The van der Waals surface area contributed by atoms with Crippen molar-refractivity contribution in [3.8, 4) is 0 Å². The standard InChI is InChI=1S/C14H19N3O3S/c1-4-15-11(3)12-6-5-7-13(8-12)21(18,19)17-14-16-10(2)9-20-14/h5-9,11,15H,4H2,1-3H3,(H,16,17). The molecule has 0 bridgehead atoms. The zero-order chi connectivity index (χ0) is 15.5. The lowest BCUT2D eigenvalue weighted by atomic mass is 10.1. The van der Waals surface area contributed by atoms with E-state index in [9.17, 15) is 8.42 Å². The van der Waals surface area contributed by atoms with E-state index in [-0.39, 0.29) is 17.0 Å². The van der Waals surface area contributed by atoms with E-state index >= 15 is 0 Å². The molecule has 0 fully saturated rings. The van der Waals surface area contributed by atoms with Crippen molar-refractivity contribution >= 4 is 16.0 Å². The summed E-state index contributed by atoms with van der Waals surface area (Å²) in [6.07, 6.45) is 1.39. The van der Waals surface area contributed by atoms with E-state index in [4.69, 9.17) is 4.42 Å². The van der Waals surface area contributed by atoms with Gasteiger partial charge >= 0.3 is 6.01 Å². The van der Waals surface area contributed by atoms with Crippen LogP contribution in [-0.2, 0) is 10.0 Å². The van der Waals surface area contributed by atoms with Gasteiger partial charge in [-0.2, -0.15) is 4.98 Å². The van der Waals surface area contributed by atoms with Crippen LogP contribution in [0.15, 0.2) is 39.8 Å². The Morgan fingerprint density at radius 2 is 2.14 bits per heavy atom. The van der Waals surface area contributed by atoms with Gasteiger partial charge in [-0.3, -0.25) is 0 Å². The Morgan fingerprint density at radius 3 is 2.76 bits per heavy atom. The number of hydrogen-bond donors (Lipinski definition) is 2. The van der Waals surface area contributed by atoms with Crippen molar-refractivity contribution in [1.82, 2.24) is 10.3 Å². The molecule has 2 rings (SSSR count). The maximum atomic E-state index is 12.3. The van der Waals surface area contributed by atoms with Crippen LogP contribution in [0.25, 0.3) is 0 Å². The second kappa shape index (κ2) is 6.28. The molecule has 0 saturated heterocycles. The van der Waals surface area contributed by atoms with Gasteiger partial charge in [-0.15, -0.1) is 0 Å². The van der Waals surface area contributed by atoms with Gasteiger partial charge < -0.3 is 9.73 Å². The van der Waals surface area contributed by atoms with Crippen molar-refractivity contribution in [3.63, 3.8) is 0 Å². The lowest BCUT2D eigenvalue weighted by Crippen LogP contribution is -2.19. The van der Waals surface area contributed by atoms with Gasteiger partial charge in [0.05, 0.1) is 10.6 Å². The highest BCUT2D eigenvalue weighted by molar-refractivity contribution is 7.92. The number of benzene rings is 1. The summed E-state index contributed by atoms with van der Waals surface area (Å²) in [4.78, 5) is 4.12. The highest BCUT2D eigenvalue weighted by Gasteiger charge is 2.18. The average Bonchev–Trinajstić information content (AvgIpc) is 2.84. The van der Waals surface area contributed by atoms with Gasteiger partial charge in [-0.25, -0.2) is 13.1 Å². The summed E-state index contributed by atoms with van der Waals surface area (Å²) in [7, 11) is -3.70. The largest absolute Gasteiger partial charge is 0.431 e. The highest BCUT2D eigenvalue weighted by atomic mass is 32.2. The number of aromatic nitrogens is 1. The van der Waals surface area contributed by atoms with Crippen LogP contribution in [0.5, 0.6) is 0 Å². The first kappa shape index (κ1) is 15.5. The first-order valence-corrected chi connectivity index (χ1v) is 8.19. The van der Waals surface area contributed by atoms with Crippen molar-refractivity contribution in [2.75, 3.05) is 11.3 Å². The van der Waals surface area contributed by atoms with Crippen LogP contribution in [0.4, 0.5) is 6.01 Å². The zero-order valence-electron chi connectivity index (χ0n) is 12.3. The summed E-state index contributed by atoms with van der Waals surface area (Å²) in [5, 5.41) is 3.25. The van der Waals surface area contributed by atoms with E-state index < -0.39 is 10.0 Å². The molecule has 2 aromatic rings. The molecule has 0 aliphatic heterocycles. The summed E-state index contributed by atoms with van der Waals surface area (Å²) in [5.74, 6) is 0. The number of hydrogen-bond acceptors (Lipinski definition) is 5. The van der Waals surface area contributed by atoms with Crippen LogP contribution in [0.2, 0.25) is 0 Å². The number of oxazole rings is 1. The molecular weight excluding hydrogens is 290 g/mol. The molecule has 1 atom stereocenters. The fourth-order valence-electron chi connectivity index (χ4n) is 1.95. The normalized spacial score (nSPS) is 13.1. The third-order valence-corrected chi connectivity index (χ3v) is 4.34. The predicted octanol–water partition coefficient (Wildman–Crippen LogP) is 2.45. The lowest BCUT2D eigenvalue weighted by molar-refractivity contribution is 0.569. The van der Waals surface area contributed by atoms with Crippen LogP contribution >= 0.6 is 0 Å². The van der Waals surface area contributed by atoms with Gasteiger partial charge in [0.15, 0.2) is 0 Å². The highest BCUT2D eigenvalue weighted by Crippen LogP contribution is 2.20. The molecule has 0 radical (unpaired) electrons. The Balaban J connectivity index is 2.25. The third-order valence-electron chi connectivity index (χ3n) is 3.02. The second-order valence-electron chi connectivity index (χ2n) is 4.75. The lowest BCUT2D eigenvalue weighted by Gasteiger charge is -2.14. The van der Waals surface area contributed by atoms with Gasteiger partial charge in [0.1, 0.15) is 6.26 Å². The molecule has 1 aromatic heterocycles. The minimum absolute atomic E-state index is 0.0300. The molecule has 0 amide bonds. The second-order valence-corrected chi connectivity index (χ2v) is 6.43. The Hall–Kier alpha value is -1.86. The van der Waals surface area contributed by atoms with Gasteiger partial charge in [0.25, 0.3) is 10.0 Å². The van der Waals surface area contributed by atoms with E-state index in [2.05, 4.69) is 15.0 Å². The first-order valence-electron chi connectivity index (χ1n) is 6.70. The summed E-state index contributed by atoms with van der Waals surface area (Å²) < 4.78 is 32.0. The Bertz CT molecular complexity index is 710. The molecule has 0 spiro atoms. The van der Waals surface area contributed by atoms with E-state index in [0.717, 1.165) is 12.1 Å². The summed E-state index contributed by atoms with van der Waals surface area (Å²) >= 11 is 0. The number of aryl methyl sites for hydroxylation is 1. The van der Waals surface area contributed by atoms with Crippen LogP contribution in [0.1, 0.15) is 31.1 Å². The van der Waals surface area contributed by atoms with Gasteiger partial charge in [0, 0.05) is 6.04 Å². The summed E-state index contributed by atoms with van der Waals surface area (Å²) in [6, 6.07) is 6.85. The third kappa shape index (κ3) is 3.83. The molecule has 114 valence electrons. The molecule has 0 aliphatic carbocycles. The summed E-state index contributed by atoms with van der Waals surface area (Å²) in [5.41, 5.74) is 1.52. The molecule has 1 unspecified atom stereocenters. The first-order chi connectivity index (χ1) is 9.92. The fourth-order valence-corrected chi connectivity index (χ4v) is 2.94. The van der Waals surface area contributed by atoms with Gasteiger partial charge in [-0.1, -0.05) is 19.1 Å². The SMILES string of the molecule is CCNC(C)c1cccc(S(=O)(=O)Nc2nc(C)co2)c1. The van der Waals surface area contributed by atoms with Crippen LogP contribution in [0.3, 0.4) is 0 Å². The summed E-state index contributed by atoms with van der Waals surface area (Å²) in [6.45, 7) is 6.52. The maximum Gasteiger partial charge on any atom is 0.309 e. The topological polar surface area (TPSA) is 84.2 Å². The molecule has 6 nitrogen and oxygen atoms in total. The fraction of sp³-hybridized carbons (Fsp3) is 0.357. The number of sulfonamides is 1. The molecule has 0 saturated carbocycles. The quantitative estimate of drug-likeness (QED) is 0.856. The van der Waals surface area contributed by atoms with Gasteiger partial charge in [0.2, 0.25) is 0 Å². The van der Waals surface area contributed by atoms with Crippen LogP contribution < -0.4 is 10.0 Å². The Labute approximate surface area is 124 Å². The molecule has 2 N–H and O–H groups in total. The van der Waals surface area contributed by atoms with Crippen molar-refractivity contribution in [3.05, 3.63) is 41.8 Å². The van der Waals surface area contributed by atoms with Crippen molar-refractivity contribution < 1.29 is 12.8 Å². The van der Waals surface area contributed by atoms with Crippen molar-refractivity contribution in [2.45, 2.75) is 31.7 Å². The van der Waals surface area contributed by atoms with E-state index in [1.54, 1.807) is 25.1 Å². The zero-order valence-corrected chi connectivity index (χ0v) is 13.1. The molecule has 7 heteroatoms. The Morgan fingerprint density at radius 1 is 1.38 bits per heavy atom. The average molecular weight is 309 g/mol. The number of rotatable bonds is 6. The number of nitrogens with zero attached hydrogens (tertiary/aromatic N) is 1. The number of anilines is 1. The monoisotopic (exact) mass is 309 g/mol. The molecular formula is C14H19N3O3S. The van der Waals surface area contributed by atoms with Crippen LogP contribution in [0, 0.1) is 6.92 Å². The number of nitrogens with one attached hydrogen (secondary N) is 2. The molecule has 0 aliphatic rings. The predicted molar refractivity (Wildman–Crippen MR) is 80.6 cm³/mol. The minimum Gasteiger partial charge on any atom is -0.431 e. The van der Waals surface area contributed by atoms with Gasteiger partial charge in [-0.05, 0) is 38.1 Å². The minimum atomic E-state index is -3.70. The van der Waals surface area contributed by atoms with E-state index in [1.807, 2.05) is 19.9 Å².